The molecule has 0 saturated carbocycles. The number of nitrogens with two attached hydrogens (primary N) is 1. The normalized spacial score (nSPS) is 33.8. The number of rotatable bonds is 5. The van der Waals surface area contributed by atoms with Gasteiger partial charge in [-0.3, -0.25) is 11.3 Å². The summed E-state index contributed by atoms with van der Waals surface area (Å²) in [5.41, 5.74) is 2.88. The molecular weight excluding hydrogens is 260 g/mol. The third-order valence-corrected chi connectivity index (χ3v) is 5.74. The fourth-order valence-electron chi connectivity index (χ4n) is 3.58. The molecular formula is C14H28N2O2S. The van der Waals surface area contributed by atoms with Crippen LogP contribution in [-0.2, 0) is 9.47 Å². The van der Waals surface area contributed by atoms with Gasteiger partial charge in [0.25, 0.3) is 0 Å². The maximum absolute atomic E-state index is 6.09. The van der Waals surface area contributed by atoms with Crippen LogP contribution in [0.15, 0.2) is 0 Å². The van der Waals surface area contributed by atoms with Crippen LogP contribution in [0, 0.1) is 5.92 Å². The Bertz CT molecular complexity index is 293. The van der Waals surface area contributed by atoms with Crippen molar-refractivity contribution >= 4 is 11.8 Å². The minimum absolute atomic E-state index is 0.102. The van der Waals surface area contributed by atoms with Gasteiger partial charge in [-0.05, 0) is 51.7 Å². The number of hydrazine groups is 1. The van der Waals surface area contributed by atoms with Crippen LogP contribution in [-0.4, -0.2) is 42.0 Å². The van der Waals surface area contributed by atoms with Crippen molar-refractivity contribution in [2.24, 2.45) is 11.8 Å². The topological polar surface area (TPSA) is 56.5 Å². The first-order valence-electron chi connectivity index (χ1n) is 7.35. The lowest BCUT2D eigenvalue weighted by atomic mass is 9.76. The smallest absolute Gasteiger partial charge is 0.0794 e. The summed E-state index contributed by atoms with van der Waals surface area (Å²) in [6.07, 6.45) is 3.35. The van der Waals surface area contributed by atoms with Crippen molar-refractivity contribution in [1.82, 2.24) is 5.43 Å². The summed E-state index contributed by atoms with van der Waals surface area (Å²) < 4.78 is 12.0. The predicted octanol–water partition coefficient (Wildman–Crippen LogP) is 1.94. The first kappa shape index (κ1) is 15.6. The van der Waals surface area contributed by atoms with E-state index in [1.807, 2.05) is 18.7 Å². The summed E-state index contributed by atoms with van der Waals surface area (Å²) in [4.78, 5) is 0. The van der Waals surface area contributed by atoms with E-state index in [2.05, 4.69) is 19.3 Å². The zero-order valence-electron chi connectivity index (χ0n) is 12.4. The molecule has 3 atom stereocenters. The van der Waals surface area contributed by atoms with Crippen LogP contribution in [0.3, 0.4) is 0 Å². The van der Waals surface area contributed by atoms with Gasteiger partial charge in [0.15, 0.2) is 0 Å². The molecule has 19 heavy (non-hydrogen) atoms. The Morgan fingerprint density at radius 1 is 1.58 bits per heavy atom. The van der Waals surface area contributed by atoms with E-state index >= 15 is 0 Å². The first-order chi connectivity index (χ1) is 9.03. The summed E-state index contributed by atoms with van der Waals surface area (Å²) >= 11 is 2.01. The molecule has 2 heterocycles. The van der Waals surface area contributed by atoms with Crippen molar-refractivity contribution in [2.75, 3.05) is 24.7 Å². The van der Waals surface area contributed by atoms with Crippen LogP contribution in [0.2, 0.25) is 0 Å². The van der Waals surface area contributed by atoms with Gasteiger partial charge in [-0.15, -0.1) is 0 Å². The summed E-state index contributed by atoms with van der Waals surface area (Å²) in [6, 6.07) is 0.179. The minimum atomic E-state index is -0.238. The van der Waals surface area contributed by atoms with Crippen LogP contribution >= 0.6 is 11.8 Å². The lowest BCUT2D eigenvalue weighted by molar-refractivity contribution is -0.114. The molecule has 3 N–H and O–H groups in total. The molecule has 0 radical (unpaired) electrons. The largest absolute Gasteiger partial charge is 0.374 e. The number of thioether (sulfide) groups is 1. The molecule has 2 aliphatic rings. The van der Waals surface area contributed by atoms with Gasteiger partial charge in [0.05, 0.1) is 17.2 Å². The van der Waals surface area contributed by atoms with E-state index in [1.54, 1.807) is 0 Å². The Morgan fingerprint density at radius 3 is 2.95 bits per heavy atom. The van der Waals surface area contributed by atoms with Crippen molar-refractivity contribution in [2.45, 2.75) is 57.3 Å². The number of hydrogen-bond donors (Lipinski definition) is 2. The number of ether oxygens (including phenoxy) is 2. The summed E-state index contributed by atoms with van der Waals surface area (Å²) in [5, 5.41) is 0. The second-order valence-corrected chi connectivity index (χ2v) is 7.37. The van der Waals surface area contributed by atoms with Crippen molar-refractivity contribution < 1.29 is 9.47 Å². The highest BCUT2D eigenvalue weighted by Gasteiger charge is 2.45. The molecule has 4 nitrogen and oxygen atoms in total. The fraction of sp³-hybridized carbons (Fsp3) is 1.00. The maximum Gasteiger partial charge on any atom is 0.0794 e. The molecule has 2 rings (SSSR count). The van der Waals surface area contributed by atoms with Gasteiger partial charge in [0, 0.05) is 19.0 Å². The monoisotopic (exact) mass is 288 g/mol. The molecule has 5 heteroatoms. The van der Waals surface area contributed by atoms with Gasteiger partial charge in [0.1, 0.15) is 0 Å². The SMILES string of the molecule is CCOC(C)(C)C(NN)C1CCOC2(CCSC2)C1. The first-order valence-corrected chi connectivity index (χ1v) is 8.50. The Hall–Kier alpha value is 0.190. The van der Waals surface area contributed by atoms with Crippen molar-refractivity contribution in [1.29, 1.82) is 0 Å². The molecule has 0 amide bonds. The molecule has 2 fully saturated rings. The Balaban J connectivity index is 2.05. The Labute approximate surface area is 121 Å². The van der Waals surface area contributed by atoms with E-state index in [0.29, 0.717) is 5.92 Å². The van der Waals surface area contributed by atoms with Crippen LogP contribution in [0.4, 0.5) is 0 Å². The van der Waals surface area contributed by atoms with E-state index in [-0.39, 0.29) is 17.2 Å². The van der Waals surface area contributed by atoms with Gasteiger partial charge < -0.3 is 9.47 Å². The molecule has 0 bridgehead atoms. The fourth-order valence-corrected chi connectivity index (χ4v) is 4.96. The number of nitrogens with one attached hydrogen (secondary N) is 1. The average molecular weight is 288 g/mol. The second-order valence-electron chi connectivity index (χ2n) is 6.27. The standard InChI is InChI=1S/C14H28N2O2S/c1-4-17-13(2,3)12(16-15)11-5-7-18-14(9-11)6-8-19-10-14/h11-12,16H,4-10,15H2,1-3H3. The van der Waals surface area contributed by atoms with Gasteiger partial charge in [-0.2, -0.15) is 11.8 Å². The van der Waals surface area contributed by atoms with Crippen LogP contribution in [0.5, 0.6) is 0 Å². The van der Waals surface area contributed by atoms with Gasteiger partial charge >= 0.3 is 0 Å². The van der Waals surface area contributed by atoms with Crippen LogP contribution in [0.25, 0.3) is 0 Å². The van der Waals surface area contributed by atoms with Gasteiger partial charge in [0.2, 0.25) is 0 Å². The third kappa shape index (κ3) is 3.45. The van der Waals surface area contributed by atoms with E-state index in [0.717, 1.165) is 31.8 Å². The van der Waals surface area contributed by atoms with E-state index in [9.17, 15) is 0 Å². The predicted molar refractivity (Wildman–Crippen MR) is 80.2 cm³/mol. The molecule has 3 unspecified atom stereocenters. The van der Waals surface area contributed by atoms with Crippen molar-refractivity contribution in [3.63, 3.8) is 0 Å². The van der Waals surface area contributed by atoms with Crippen LogP contribution in [0.1, 0.15) is 40.0 Å². The Kier molecular flexibility index (Phi) is 5.17. The molecule has 0 aromatic heterocycles. The second kappa shape index (κ2) is 6.31. The van der Waals surface area contributed by atoms with Gasteiger partial charge in [-0.25, -0.2) is 0 Å². The summed E-state index contributed by atoms with van der Waals surface area (Å²) in [6.45, 7) is 7.87. The number of hydrogen-bond acceptors (Lipinski definition) is 5. The van der Waals surface area contributed by atoms with Crippen molar-refractivity contribution in [3.8, 4) is 0 Å². The highest BCUT2D eigenvalue weighted by Crippen LogP contribution is 2.42. The molecule has 0 aliphatic carbocycles. The minimum Gasteiger partial charge on any atom is -0.374 e. The molecule has 2 aliphatic heterocycles. The maximum atomic E-state index is 6.09. The summed E-state index contributed by atoms with van der Waals surface area (Å²) in [7, 11) is 0. The Morgan fingerprint density at radius 2 is 2.37 bits per heavy atom. The highest BCUT2D eigenvalue weighted by molar-refractivity contribution is 7.99. The zero-order chi connectivity index (χ0) is 13.9. The van der Waals surface area contributed by atoms with E-state index < -0.39 is 0 Å². The van der Waals surface area contributed by atoms with Crippen LogP contribution < -0.4 is 11.3 Å². The van der Waals surface area contributed by atoms with Crippen molar-refractivity contribution in [3.05, 3.63) is 0 Å². The lowest BCUT2D eigenvalue weighted by Gasteiger charge is -2.45. The quantitative estimate of drug-likeness (QED) is 0.598. The lowest BCUT2D eigenvalue weighted by Crippen LogP contribution is -2.58. The highest BCUT2D eigenvalue weighted by atomic mass is 32.2. The molecule has 2 saturated heterocycles. The molecule has 0 aromatic carbocycles. The van der Waals surface area contributed by atoms with Gasteiger partial charge in [-0.1, -0.05) is 0 Å². The zero-order valence-corrected chi connectivity index (χ0v) is 13.2. The third-order valence-electron chi connectivity index (χ3n) is 4.51. The average Bonchev–Trinajstić information content (AvgIpc) is 2.77. The van der Waals surface area contributed by atoms with E-state index in [1.165, 1.54) is 12.2 Å². The molecule has 0 aromatic rings. The van der Waals surface area contributed by atoms with E-state index in [4.69, 9.17) is 15.3 Å². The molecule has 112 valence electrons. The molecule has 1 spiro atoms. The summed E-state index contributed by atoms with van der Waals surface area (Å²) in [5.74, 6) is 8.72.